The SMILES string of the molecule is CC(C)(C(=O)NCc1cccc(C#CCO)c1)S(C)(=O)=O. The summed E-state index contributed by atoms with van der Waals surface area (Å²) in [5, 5.41) is 11.3. The van der Waals surface area contributed by atoms with Gasteiger partial charge in [0.1, 0.15) is 11.4 Å². The third-order valence-corrected chi connectivity index (χ3v) is 5.20. The third-order valence-electron chi connectivity index (χ3n) is 3.17. The highest BCUT2D eigenvalue weighted by atomic mass is 32.2. The number of nitrogens with one attached hydrogen (secondary N) is 1. The minimum atomic E-state index is -3.49. The Labute approximate surface area is 125 Å². The fourth-order valence-electron chi connectivity index (χ4n) is 1.46. The number of aliphatic hydroxyl groups is 1. The van der Waals surface area contributed by atoms with E-state index in [0.29, 0.717) is 0 Å². The molecule has 0 aliphatic carbocycles. The second kappa shape index (κ2) is 6.74. The van der Waals surface area contributed by atoms with Crippen LogP contribution in [0.25, 0.3) is 0 Å². The number of hydrogen-bond donors (Lipinski definition) is 2. The molecule has 0 heterocycles. The van der Waals surface area contributed by atoms with Gasteiger partial charge in [-0.1, -0.05) is 24.0 Å². The van der Waals surface area contributed by atoms with Gasteiger partial charge in [0.05, 0.1) is 0 Å². The smallest absolute Gasteiger partial charge is 0.241 e. The Hall–Kier alpha value is -1.84. The van der Waals surface area contributed by atoms with Crippen molar-refractivity contribution in [3.05, 3.63) is 35.4 Å². The van der Waals surface area contributed by atoms with Gasteiger partial charge in [0.25, 0.3) is 0 Å². The zero-order valence-corrected chi connectivity index (χ0v) is 13.1. The number of carbonyl (C=O) groups is 1. The molecule has 0 unspecified atom stereocenters. The molecule has 1 amide bonds. The normalized spacial score (nSPS) is 11.4. The maximum absolute atomic E-state index is 12.0. The van der Waals surface area contributed by atoms with Crippen LogP contribution in [-0.2, 0) is 21.2 Å². The van der Waals surface area contributed by atoms with Gasteiger partial charge in [0.2, 0.25) is 5.91 Å². The summed E-state index contributed by atoms with van der Waals surface area (Å²) in [6, 6.07) is 7.15. The van der Waals surface area contributed by atoms with Gasteiger partial charge < -0.3 is 10.4 Å². The van der Waals surface area contributed by atoms with Gasteiger partial charge >= 0.3 is 0 Å². The van der Waals surface area contributed by atoms with Crippen LogP contribution in [0, 0.1) is 11.8 Å². The monoisotopic (exact) mass is 309 g/mol. The Kier molecular flexibility index (Phi) is 5.53. The van der Waals surface area contributed by atoms with Crippen molar-refractivity contribution in [2.75, 3.05) is 12.9 Å². The molecule has 0 saturated carbocycles. The van der Waals surface area contributed by atoms with Crippen LogP contribution in [0.1, 0.15) is 25.0 Å². The number of benzene rings is 1. The Morgan fingerprint density at radius 2 is 2.05 bits per heavy atom. The van der Waals surface area contributed by atoms with Crippen molar-refractivity contribution in [1.82, 2.24) is 5.32 Å². The minimum Gasteiger partial charge on any atom is -0.384 e. The van der Waals surface area contributed by atoms with E-state index in [2.05, 4.69) is 17.2 Å². The van der Waals surface area contributed by atoms with Crippen molar-refractivity contribution in [1.29, 1.82) is 0 Å². The van der Waals surface area contributed by atoms with E-state index in [1.54, 1.807) is 24.3 Å². The molecule has 5 nitrogen and oxygen atoms in total. The molecule has 0 aliphatic rings. The maximum atomic E-state index is 12.0. The van der Waals surface area contributed by atoms with Gasteiger partial charge in [0.15, 0.2) is 9.84 Å². The molecule has 1 aromatic carbocycles. The first-order valence-electron chi connectivity index (χ1n) is 6.35. The quantitative estimate of drug-likeness (QED) is 0.792. The predicted molar refractivity (Wildman–Crippen MR) is 81.2 cm³/mol. The maximum Gasteiger partial charge on any atom is 0.241 e. The average Bonchev–Trinajstić information content (AvgIpc) is 2.41. The molecule has 1 rings (SSSR count). The Bertz CT molecular complexity index is 681. The Morgan fingerprint density at radius 3 is 2.62 bits per heavy atom. The first-order valence-corrected chi connectivity index (χ1v) is 8.24. The van der Waals surface area contributed by atoms with Crippen LogP contribution in [0.5, 0.6) is 0 Å². The largest absolute Gasteiger partial charge is 0.384 e. The first kappa shape index (κ1) is 17.2. The average molecular weight is 309 g/mol. The van der Waals surface area contributed by atoms with E-state index in [-0.39, 0.29) is 13.2 Å². The standard InChI is InChI=1S/C15H19NO4S/c1-15(2,21(3,19)20)14(18)16-11-13-7-4-6-12(10-13)8-5-9-17/h4,6-7,10,17H,9,11H2,1-3H3,(H,16,18). The molecule has 0 spiro atoms. The lowest BCUT2D eigenvalue weighted by atomic mass is 10.1. The van der Waals surface area contributed by atoms with Crippen molar-refractivity contribution in [3.63, 3.8) is 0 Å². The summed E-state index contributed by atoms with van der Waals surface area (Å²) in [6.07, 6.45) is 1.04. The van der Waals surface area contributed by atoms with Crippen LogP contribution in [0.4, 0.5) is 0 Å². The third kappa shape index (κ3) is 4.59. The van der Waals surface area contributed by atoms with Crippen molar-refractivity contribution >= 4 is 15.7 Å². The highest BCUT2D eigenvalue weighted by molar-refractivity contribution is 7.92. The van der Waals surface area contributed by atoms with Crippen molar-refractivity contribution in [2.45, 2.75) is 25.1 Å². The van der Waals surface area contributed by atoms with E-state index >= 15 is 0 Å². The Morgan fingerprint density at radius 1 is 1.38 bits per heavy atom. The van der Waals surface area contributed by atoms with Gasteiger partial charge in [-0.25, -0.2) is 8.42 Å². The van der Waals surface area contributed by atoms with Crippen molar-refractivity contribution in [3.8, 4) is 11.8 Å². The van der Waals surface area contributed by atoms with E-state index in [1.807, 2.05) is 0 Å². The van der Waals surface area contributed by atoms with Crippen LogP contribution in [0.3, 0.4) is 0 Å². The molecule has 114 valence electrons. The highest BCUT2D eigenvalue weighted by Crippen LogP contribution is 2.15. The molecule has 0 aromatic heterocycles. The fourth-order valence-corrected chi connectivity index (χ4v) is 1.87. The lowest BCUT2D eigenvalue weighted by Crippen LogP contribution is -2.47. The second-order valence-corrected chi connectivity index (χ2v) is 7.69. The number of sulfone groups is 1. The molecule has 0 aliphatic heterocycles. The summed E-state index contributed by atoms with van der Waals surface area (Å²) in [5.74, 6) is 4.76. The van der Waals surface area contributed by atoms with Crippen LogP contribution in [0.2, 0.25) is 0 Å². The van der Waals surface area contributed by atoms with Gasteiger partial charge in [-0.15, -0.1) is 0 Å². The van der Waals surface area contributed by atoms with Gasteiger partial charge in [0, 0.05) is 18.4 Å². The number of carbonyl (C=O) groups excluding carboxylic acids is 1. The zero-order chi connectivity index (χ0) is 16.1. The van der Waals surface area contributed by atoms with E-state index in [1.165, 1.54) is 13.8 Å². The molecule has 0 bridgehead atoms. The summed E-state index contributed by atoms with van der Waals surface area (Å²) in [6.45, 7) is 2.75. The molecule has 21 heavy (non-hydrogen) atoms. The van der Waals surface area contributed by atoms with Gasteiger partial charge in [-0.05, 0) is 31.5 Å². The van der Waals surface area contributed by atoms with E-state index in [4.69, 9.17) is 5.11 Å². The molecule has 2 N–H and O–H groups in total. The van der Waals surface area contributed by atoms with Gasteiger partial charge in [-0.3, -0.25) is 4.79 Å². The lowest BCUT2D eigenvalue weighted by molar-refractivity contribution is -0.123. The highest BCUT2D eigenvalue weighted by Gasteiger charge is 2.38. The predicted octanol–water partition coefficient (Wildman–Crippen LogP) is 0.470. The molecular weight excluding hydrogens is 290 g/mol. The molecule has 0 radical (unpaired) electrons. The summed E-state index contributed by atoms with van der Waals surface area (Å²) >= 11 is 0. The molecule has 1 aromatic rings. The fraction of sp³-hybridized carbons (Fsp3) is 0.400. The van der Waals surface area contributed by atoms with Crippen LogP contribution in [0.15, 0.2) is 24.3 Å². The number of amides is 1. The number of hydrogen-bond acceptors (Lipinski definition) is 4. The lowest BCUT2D eigenvalue weighted by Gasteiger charge is -2.21. The molecule has 6 heteroatoms. The topological polar surface area (TPSA) is 83.5 Å². The zero-order valence-electron chi connectivity index (χ0n) is 12.3. The summed E-state index contributed by atoms with van der Waals surface area (Å²) in [7, 11) is -3.49. The van der Waals surface area contributed by atoms with Gasteiger partial charge in [-0.2, -0.15) is 0 Å². The summed E-state index contributed by atoms with van der Waals surface area (Å²) in [4.78, 5) is 12.0. The molecule has 0 saturated heterocycles. The second-order valence-electron chi connectivity index (χ2n) is 5.13. The minimum absolute atomic E-state index is 0.215. The summed E-state index contributed by atoms with van der Waals surface area (Å²) in [5.41, 5.74) is 1.52. The number of aliphatic hydroxyl groups excluding tert-OH is 1. The van der Waals surface area contributed by atoms with E-state index in [0.717, 1.165) is 17.4 Å². The molecular formula is C15H19NO4S. The number of rotatable bonds is 4. The van der Waals surface area contributed by atoms with Crippen LogP contribution >= 0.6 is 0 Å². The van der Waals surface area contributed by atoms with Crippen LogP contribution in [-0.4, -0.2) is 37.0 Å². The van der Waals surface area contributed by atoms with Crippen molar-refractivity contribution in [2.24, 2.45) is 0 Å². The summed E-state index contributed by atoms with van der Waals surface area (Å²) < 4.78 is 21.7. The van der Waals surface area contributed by atoms with E-state index in [9.17, 15) is 13.2 Å². The van der Waals surface area contributed by atoms with Crippen LogP contribution < -0.4 is 5.32 Å². The van der Waals surface area contributed by atoms with E-state index < -0.39 is 20.5 Å². The Balaban J connectivity index is 2.78. The molecule has 0 atom stereocenters. The molecule has 0 fully saturated rings. The first-order chi connectivity index (χ1) is 9.68. The van der Waals surface area contributed by atoms with Crippen molar-refractivity contribution < 1.29 is 18.3 Å².